The predicted molar refractivity (Wildman–Crippen MR) is 62.9 cm³/mol. The first-order valence-corrected chi connectivity index (χ1v) is 5.18. The second kappa shape index (κ2) is 4.84. The molecule has 94 valence electrons. The van der Waals surface area contributed by atoms with Gasteiger partial charge in [-0.3, -0.25) is 9.59 Å². The summed E-state index contributed by atoms with van der Waals surface area (Å²) in [6.45, 7) is 0. The van der Waals surface area contributed by atoms with Crippen LogP contribution in [0.15, 0.2) is 29.0 Å². The van der Waals surface area contributed by atoms with E-state index in [0.717, 1.165) is 0 Å². The lowest BCUT2D eigenvalue weighted by Gasteiger charge is -2.07. The molecule has 0 spiro atoms. The van der Waals surface area contributed by atoms with Crippen molar-refractivity contribution in [1.82, 2.24) is 4.98 Å². The van der Waals surface area contributed by atoms with Crippen LogP contribution in [0.1, 0.15) is 6.42 Å². The van der Waals surface area contributed by atoms with Crippen LogP contribution in [0.4, 0.5) is 5.69 Å². The van der Waals surface area contributed by atoms with Gasteiger partial charge < -0.3 is 20.6 Å². The number of carboxylic acids is 1. The minimum atomic E-state index is -1.21. The van der Waals surface area contributed by atoms with Crippen molar-refractivity contribution in [3.05, 3.63) is 24.6 Å². The van der Waals surface area contributed by atoms with E-state index >= 15 is 0 Å². The van der Waals surface area contributed by atoms with E-state index in [9.17, 15) is 9.59 Å². The highest BCUT2D eigenvalue weighted by Gasteiger charge is 2.16. The minimum Gasteiger partial charge on any atom is -0.480 e. The number of carboxylic acid groups (broad SMARTS) is 1. The van der Waals surface area contributed by atoms with Crippen molar-refractivity contribution in [3.8, 4) is 0 Å². The number of benzene rings is 1. The Balaban J connectivity index is 2.04. The fourth-order valence-electron chi connectivity index (χ4n) is 1.43. The fraction of sp³-hybridized carbons (Fsp3) is 0.182. The topological polar surface area (TPSA) is 118 Å². The van der Waals surface area contributed by atoms with Crippen molar-refractivity contribution < 1.29 is 19.1 Å². The summed E-state index contributed by atoms with van der Waals surface area (Å²) in [4.78, 5) is 25.9. The van der Waals surface area contributed by atoms with Gasteiger partial charge in [0.2, 0.25) is 5.91 Å². The average molecular weight is 249 g/mol. The van der Waals surface area contributed by atoms with E-state index in [0.29, 0.717) is 16.8 Å². The molecule has 4 N–H and O–H groups in total. The first-order chi connectivity index (χ1) is 8.56. The Kier molecular flexibility index (Phi) is 3.24. The number of rotatable bonds is 4. The Hall–Kier alpha value is -2.41. The number of fused-ring (bicyclic) bond motifs is 1. The quantitative estimate of drug-likeness (QED) is 0.728. The van der Waals surface area contributed by atoms with Crippen LogP contribution in [0.3, 0.4) is 0 Å². The summed E-state index contributed by atoms with van der Waals surface area (Å²) in [5.41, 5.74) is 6.97. The number of nitrogens with zero attached hydrogens (tertiary/aromatic N) is 1. The normalized spacial score (nSPS) is 12.3. The number of nitrogens with one attached hydrogen (secondary N) is 1. The number of hydrogen-bond donors (Lipinski definition) is 3. The van der Waals surface area contributed by atoms with Gasteiger partial charge in [0.25, 0.3) is 0 Å². The predicted octanol–water partition coefficient (Wildman–Crippen LogP) is 0.568. The third-order valence-corrected chi connectivity index (χ3v) is 2.34. The van der Waals surface area contributed by atoms with Gasteiger partial charge in [0, 0.05) is 11.8 Å². The molecule has 0 aliphatic rings. The van der Waals surface area contributed by atoms with Gasteiger partial charge in [0.1, 0.15) is 11.6 Å². The van der Waals surface area contributed by atoms with Crippen LogP contribution < -0.4 is 11.1 Å². The number of aliphatic carboxylic acids is 1. The molecule has 0 aliphatic carbocycles. The summed E-state index contributed by atoms with van der Waals surface area (Å²) < 4.78 is 5.08. The van der Waals surface area contributed by atoms with Crippen LogP contribution in [0.25, 0.3) is 11.1 Å². The lowest BCUT2D eigenvalue weighted by molar-refractivity contribution is -0.140. The summed E-state index contributed by atoms with van der Waals surface area (Å²) >= 11 is 0. The van der Waals surface area contributed by atoms with Crippen LogP contribution in [-0.2, 0) is 9.59 Å². The van der Waals surface area contributed by atoms with E-state index in [1.807, 2.05) is 0 Å². The van der Waals surface area contributed by atoms with Crippen molar-refractivity contribution in [2.75, 3.05) is 5.32 Å². The molecule has 1 heterocycles. The maximum absolute atomic E-state index is 11.5. The van der Waals surface area contributed by atoms with Gasteiger partial charge in [0.05, 0.1) is 6.42 Å². The standard InChI is InChI=1S/C11H11N3O4/c12-7(11(16)17)4-10(15)14-6-1-2-8-9(3-6)18-5-13-8/h1-3,5,7H,4,12H2,(H,14,15)(H,16,17). The third-order valence-electron chi connectivity index (χ3n) is 2.34. The molecule has 18 heavy (non-hydrogen) atoms. The molecule has 0 radical (unpaired) electrons. The fourth-order valence-corrected chi connectivity index (χ4v) is 1.43. The summed E-state index contributed by atoms with van der Waals surface area (Å²) in [6.07, 6.45) is 1.01. The van der Waals surface area contributed by atoms with E-state index in [1.54, 1.807) is 18.2 Å². The molecule has 0 saturated heterocycles. The van der Waals surface area contributed by atoms with Crippen LogP contribution in [0.5, 0.6) is 0 Å². The lowest BCUT2D eigenvalue weighted by atomic mass is 10.2. The van der Waals surface area contributed by atoms with E-state index in [4.69, 9.17) is 15.3 Å². The van der Waals surface area contributed by atoms with Crippen LogP contribution in [-0.4, -0.2) is 28.0 Å². The highest BCUT2D eigenvalue weighted by molar-refractivity contribution is 5.95. The van der Waals surface area contributed by atoms with Crippen molar-refractivity contribution in [2.24, 2.45) is 5.73 Å². The molecule has 2 rings (SSSR count). The molecule has 7 heteroatoms. The van der Waals surface area contributed by atoms with Gasteiger partial charge in [0.15, 0.2) is 12.0 Å². The Bertz CT molecular complexity index is 593. The van der Waals surface area contributed by atoms with E-state index in [1.165, 1.54) is 6.39 Å². The molecule has 0 aliphatic heterocycles. The van der Waals surface area contributed by atoms with Gasteiger partial charge in [-0.25, -0.2) is 4.98 Å². The van der Waals surface area contributed by atoms with Crippen molar-refractivity contribution in [3.63, 3.8) is 0 Å². The zero-order valence-corrected chi connectivity index (χ0v) is 9.29. The summed E-state index contributed by atoms with van der Waals surface area (Å²) in [5, 5.41) is 11.1. The van der Waals surface area contributed by atoms with Gasteiger partial charge in [-0.2, -0.15) is 0 Å². The maximum Gasteiger partial charge on any atom is 0.321 e. The molecular formula is C11H11N3O4. The number of amides is 1. The average Bonchev–Trinajstić information content (AvgIpc) is 2.75. The van der Waals surface area contributed by atoms with E-state index in [-0.39, 0.29) is 6.42 Å². The molecule has 2 aromatic rings. The number of carbonyl (C=O) groups is 2. The zero-order chi connectivity index (χ0) is 13.1. The van der Waals surface area contributed by atoms with Crippen molar-refractivity contribution in [2.45, 2.75) is 12.5 Å². The molecule has 1 amide bonds. The molecule has 0 saturated carbocycles. The van der Waals surface area contributed by atoms with Gasteiger partial charge >= 0.3 is 5.97 Å². The zero-order valence-electron chi connectivity index (χ0n) is 9.29. The maximum atomic E-state index is 11.5. The van der Waals surface area contributed by atoms with Crippen LogP contribution >= 0.6 is 0 Å². The Morgan fingerprint density at radius 3 is 3.00 bits per heavy atom. The first-order valence-electron chi connectivity index (χ1n) is 5.18. The Morgan fingerprint density at radius 1 is 1.50 bits per heavy atom. The number of carbonyl (C=O) groups excluding carboxylic acids is 1. The number of hydrogen-bond acceptors (Lipinski definition) is 5. The molecule has 0 bridgehead atoms. The van der Waals surface area contributed by atoms with Gasteiger partial charge in [-0.15, -0.1) is 0 Å². The third kappa shape index (κ3) is 2.64. The van der Waals surface area contributed by atoms with Crippen molar-refractivity contribution in [1.29, 1.82) is 0 Å². The largest absolute Gasteiger partial charge is 0.480 e. The molecule has 1 unspecified atom stereocenters. The van der Waals surface area contributed by atoms with Gasteiger partial charge in [-0.05, 0) is 12.1 Å². The molecule has 1 aromatic carbocycles. The second-order valence-corrected chi connectivity index (χ2v) is 3.73. The Morgan fingerprint density at radius 2 is 2.28 bits per heavy atom. The van der Waals surface area contributed by atoms with Crippen LogP contribution in [0.2, 0.25) is 0 Å². The molecular weight excluding hydrogens is 238 g/mol. The minimum absolute atomic E-state index is 0.288. The molecule has 7 nitrogen and oxygen atoms in total. The number of aromatic nitrogens is 1. The summed E-state index contributed by atoms with van der Waals surface area (Å²) in [5.74, 6) is -1.68. The monoisotopic (exact) mass is 249 g/mol. The SMILES string of the molecule is NC(CC(=O)Nc1ccc2ncoc2c1)C(=O)O. The van der Waals surface area contributed by atoms with Crippen molar-refractivity contribution >= 4 is 28.7 Å². The number of oxazole rings is 1. The molecule has 1 aromatic heterocycles. The number of anilines is 1. The summed E-state index contributed by atoms with van der Waals surface area (Å²) in [7, 11) is 0. The molecule has 1 atom stereocenters. The lowest BCUT2D eigenvalue weighted by Crippen LogP contribution is -2.34. The second-order valence-electron chi connectivity index (χ2n) is 3.73. The van der Waals surface area contributed by atoms with Crippen LogP contribution in [0, 0.1) is 0 Å². The number of nitrogens with two attached hydrogens (primary N) is 1. The first kappa shape index (κ1) is 12.1. The highest BCUT2D eigenvalue weighted by atomic mass is 16.4. The smallest absolute Gasteiger partial charge is 0.321 e. The molecule has 0 fully saturated rings. The Labute approximate surface area is 102 Å². The summed E-state index contributed by atoms with van der Waals surface area (Å²) in [6, 6.07) is 3.73. The van der Waals surface area contributed by atoms with E-state index in [2.05, 4.69) is 10.3 Å². The van der Waals surface area contributed by atoms with E-state index < -0.39 is 17.9 Å². The van der Waals surface area contributed by atoms with Gasteiger partial charge in [-0.1, -0.05) is 0 Å². The highest BCUT2D eigenvalue weighted by Crippen LogP contribution is 2.17.